The summed E-state index contributed by atoms with van der Waals surface area (Å²) in [5.41, 5.74) is 5.47. The van der Waals surface area contributed by atoms with Gasteiger partial charge in [-0.2, -0.15) is 0 Å². The first kappa shape index (κ1) is 18.0. The molecular weight excluding hydrogens is 362 g/mol. The first-order chi connectivity index (χ1) is 13.5. The van der Waals surface area contributed by atoms with Crippen molar-refractivity contribution in [2.75, 3.05) is 6.54 Å². The van der Waals surface area contributed by atoms with E-state index in [1.165, 1.54) is 0 Å². The Morgan fingerprint density at radius 3 is 2.57 bits per heavy atom. The summed E-state index contributed by atoms with van der Waals surface area (Å²) in [5.74, 6) is -1.40. The average Bonchev–Trinajstić information content (AvgIpc) is 3.37. The third kappa shape index (κ3) is 3.19. The maximum absolute atomic E-state index is 12.5. The van der Waals surface area contributed by atoms with E-state index in [0.29, 0.717) is 12.8 Å². The summed E-state index contributed by atoms with van der Waals surface area (Å²) < 4.78 is 0. The number of fused-ring (bicyclic) bond motifs is 1. The SMILES string of the molecule is O=C(Cc1c[nH]c2ccccc12)NNC(=O)CN1C(=O)NC2(CCCC2)C1=O. The number of aromatic nitrogens is 1. The van der Waals surface area contributed by atoms with Gasteiger partial charge in [0.05, 0.1) is 6.42 Å². The van der Waals surface area contributed by atoms with Crippen molar-refractivity contribution in [2.24, 2.45) is 0 Å². The van der Waals surface area contributed by atoms with Gasteiger partial charge in [-0.1, -0.05) is 31.0 Å². The van der Waals surface area contributed by atoms with E-state index in [-0.39, 0.29) is 12.3 Å². The van der Waals surface area contributed by atoms with Crippen molar-refractivity contribution in [3.05, 3.63) is 36.0 Å². The second-order valence-electron chi connectivity index (χ2n) is 7.24. The lowest BCUT2D eigenvalue weighted by atomic mass is 9.98. The number of hydrogen-bond donors (Lipinski definition) is 4. The molecule has 0 radical (unpaired) electrons. The summed E-state index contributed by atoms with van der Waals surface area (Å²) in [4.78, 5) is 52.8. The number of carbonyl (C=O) groups is 4. The van der Waals surface area contributed by atoms with Gasteiger partial charge in [-0.05, 0) is 24.5 Å². The quantitative estimate of drug-likeness (QED) is 0.459. The predicted molar refractivity (Wildman–Crippen MR) is 99.7 cm³/mol. The summed E-state index contributed by atoms with van der Waals surface area (Å²) in [6, 6.07) is 7.03. The Hall–Kier alpha value is -3.36. The number of benzene rings is 1. The highest BCUT2D eigenvalue weighted by Gasteiger charge is 2.52. The van der Waals surface area contributed by atoms with Crippen LogP contribution >= 0.6 is 0 Å². The fraction of sp³-hybridized carbons (Fsp3) is 0.368. The highest BCUT2D eigenvalue weighted by atomic mass is 16.2. The molecule has 2 aromatic rings. The van der Waals surface area contributed by atoms with Crippen LogP contribution in [-0.4, -0.2) is 45.7 Å². The smallest absolute Gasteiger partial charge is 0.325 e. The van der Waals surface area contributed by atoms with Crippen molar-refractivity contribution in [3.8, 4) is 0 Å². The third-order valence-corrected chi connectivity index (χ3v) is 5.37. The van der Waals surface area contributed by atoms with E-state index < -0.39 is 29.9 Å². The molecular formula is C19H21N5O4. The zero-order valence-electron chi connectivity index (χ0n) is 15.2. The molecule has 5 amide bonds. The summed E-state index contributed by atoms with van der Waals surface area (Å²) in [6.07, 6.45) is 4.76. The lowest BCUT2D eigenvalue weighted by Crippen LogP contribution is -2.49. The molecule has 1 spiro atoms. The molecule has 1 saturated heterocycles. The molecule has 9 heteroatoms. The number of urea groups is 1. The second kappa shape index (κ2) is 6.99. The van der Waals surface area contributed by atoms with Crippen LogP contribution in [0.2, 0.25) is 0 Å². The van der Waals surface area contributed by atoms with Crippen LogP contribution in [-0.2, 0) is 20.8 Å². The van der Waals surface area contributed by atoms with Gasteiger partial charge in [0.25, 0.3) is 11.8 Å². The van der Waals surface area contributed by atoms with Gasteiger partial charge in [0.15, 0.2) is 0 Å². The maximum Gasteiger partial charge on any atom is 0.325 e. The normalized spacial score (nSPS) is 17.9. The molecule has 0 bridgehead atoms. The fourth-order valence-electron chi connectivity index (χ4n) is 3.95. The van der Waals surface area contributed by atoms with Gasteiger partial charge in [-0.3, -0.25) is 30.1 Å². The molecule has 2 aliphatic rings. The second-order valence-corrected chi connectivity index (χ2v) is 7.24. The van der Waals surface area contributed by atoms with Crippen LogP contribution in [0.15, 0.2) is 30.5 Å². The Kier molecular flexibility index (Phi) is 4.50. The molecule has 0 atom stereocenters. The van der Waals surface area contributed by atoms with Crippen LogP contribution in [0.5, 0.6) is 0 Å². The molecule has 146 valence electrons. The van der Waals surface area contributed by atoms with Gasteiger partial charge in [0.1, 0.15) is 12.1 Å². The molecule has 1 aliphatic heterocycles. The lowest BCUT2D eigenvalue weighted by Gasteiger charge is -2.19. The predicted octanol–water partition coefficient (Wildman–Crippen LogP) is 0.722. The number of hydrogen-bond acceptors (Lipinski definition) is 4. The standard InChI is InChI=1S/C19H21N5O4/c25-15(9-12-10-20-14-6-2-1-5-13(12)14)22-23-16(26)11-24-17(27)19(21-18(24)28)7-3-4-8-19/h1-2,5-6,10,20H,3-4,7-9,11H2,(H,21,28)(H,22,25)(H,23,26). The summed E-state index contributed by atoms with van der Waals surface area (Å²) >= 11 is 0. The molecule has 2 fully saturated rings. The van der Waals surface area contributed by atoms with Gasteiger partial charge in [0.2, 0.25) is 5.91 Å². The largest absolute Gasteiger partial charge is 0.361 e. The highest BCUT2D eigenvalue weighted by molar-refractivity contribution is 6.09. The van der Waals surface area contributed by atoms with Gasteiger partial charge in [0, 0.05) is 17.1 Å². The van der Waals surface area contributed by atoms with Crippen molar-refractivity contribution in [3.63, 3.8) is 0 Å². The minimum Gasteiger partial charge on any atom is -0.361 e. The average molecular weight is 383 g/mol. The monoisotopic (exact) mass is 383 g/mol. The van der Waals surface area contributed by atoms with Gasteiger partial charge in [-0.25, -0.2) is 4.79 Å². The van der Waals surface area contributed by atoms with Crippen molar-refractivity contribution in [1.82, 2.24) is 26.1 Å². The molecule has 1 aromatic carbocycles. The zero-order chi connectivity index (χ0) is 19.7. The van der Waals surface area contributed by atoms with Crippen LogP contribution < -0.4 is 16.2 Å². The van der Waals surface area contributed by atoms with E-state index in [2.05, 4.69) is 21.2 Å². The van der Waals surface area contributed by atoms with Crippen molar-refractivity contribution < 1.29 is 19.2 Å². The summed E-state index contributed by atoms with van der Waals surface area (Å²) in [5, 5.41) is 3.65. The molecule has 0 unspecified atom stereocenters. The first-order valence-electron chi connectivity index (χ1n) is 9.25. The minimum absolute atomic E-state index is 0.0799. The Balaban J connectivity index is 1.30. The van der Waals surface area contributed by atoms with E-state index in [1.54, 1.807) is 6.20 Å². The number of hydrazine groups is 1. The number of carbonyl (C=O) groups excluding carboxylic acids is 4. The number of H-pyrrole nitrogens is 1. The van der Waals surface area contributed by atoms with E-state index >= 15 is 0 Å². The van der Waals surface area contributed by atoms with Crippen LogP contribution in [0.25, 0.3) is 10.9 Å². The van der Waals surface area contributed by atoms with Crippen LogP contribution in [0.1, 0.15) is 31.2 Å². The van der Waals surface area contributed by atoms with Crippen molar-refractivity contribution in [2.45, 2.75) is 37.6 Å². The van der Waals surface area contributed by atoms with E-state index in [1.807, 2.05) is 24.3 Å². The Morgan fingerprint density at radius 2 is 1.79 bits per heavy atom. The van der Waals surface area contributed by atoms with Crippen LogP contribution in [0.3, 0.4) is 0 Å². The third-order valence-electron chi connectivity index (χ3n) is 5.37. The molecule has 9 nitrogen and oxygen atoms in total. The number of imide groups is 1. The van der Waals surface area contributed by atoms with E-state index in [9.17, 15) is 19.2 Å². The number of nitrogens with zero attached hydrogens (tertiary/aromatic N) is 1. The Bertz CT molecular complexity index is 960. The number of para-hydroxylation sites is 1. The number of rotatable bonds is 4. The van der Waals surface area contributed by atoms with Crippen LogP contribution in [0, 0.1) is 0 Å². The highest BCUT2D eigenvalue weighted by Crippen LogP contribution is 2.34. The fourth-order valence-corrected chi connectivity index (χ4v) is 3.95. The minimum atomic E-state index is -0.851. The topological polar surface area (TPSA) is 123 Å². The van der Waals surface area contributed by atoms with E-state index in [4.69, 9.17) is 0 Å². The number of aromatic amines is 1. The Labute approximate surface area is 160 Å². The van der Waals surface area contributed by atoms with Gasteiger partial charge < -0.3 is 10.3 Å². The molecule has 1 aromatic heterocycles. The lowest BCUT2D eigenvalue weighted by molar-refractivity contribution is -0.135. The summed E-state index contributed by atoms with van der Waals surface area (Å²) in [7, 11) is 0. The van der Waals surface area contributed by atoms with Crippen molar-refractivity contribution >= 4 is 34.7 Å². The molecule has 1 saturated carbocycles. The molecule has 4 rings (SSSR count). The summed E-state index contributed by atoms with van der Waals surface area (Å²) in [6.45, 7) is -0.431. The van der Waals surface area contributed by atoms with Crippen LogP contribution in [0.4, 0.5) is 4.79 Å². The van der Waals surface area contributed by atoms with Crippen molar-refractivity contribution in [1.29, 1.82) is 0 Å². The van der Waals surface area contributed by atoms with Gasteiger partial charge >= 0.3 is 6.03 Å². The maximum atomic E-state index is 12.5. The Morgan fingerprint density at radius 1 is 1.07 bits per heavy atom. The number of nitrogens with one attached hydrogen (secondary N) is 4. The zero-order valence-corrected chi connectivity index (χ0v) is 15.2. The first-order valence-corrected chi connectivity index (χ1v) is 9.25. The molecule has 4 N–H and O–H groups in total. The van der Waals surface area contributed by atoms with E-state index in [0.717, 1.165) is 34.2 Å². The molecule has 28 heavy (non-hydrogen) atoms. The molecule has 1 aliphatic carbocycles. The molecule has 2 heterocycles. The van der Waals surface area contributed by atoms with Gasteiger partial charge in [-0.15, -0.1) is 0 Å². The number of amides is 5.